The molecule has 0 N–H and O–H groups in total. The number of fused-ring (bicyclic) bond motifs is 1. The van der Waals surface area contributed by atoms with Crippen molar-refractivity contribution in [2.75, 3.05) is 0 Å². The van der Waals surface area contributed by atoms with Crippen molar-refractivity contribution >= 4 is 5.65 Å². The zero-order chi connectivity index (χ0) is 16.5. The molecule has 4 nitrogen and oxygen atoms in total. The zero-order valence-corrected chi connectivity index (χ0v) is 12.5. The second-order valence-corrected chi connectivity index (χ2v) is 5.27. The number of alkyl halides is 2. The molecule has 3 aromatic heterocycles. The number of rotatable bonds is 3. The van der Waals surface area contributed by atoms with Crippen molar-refractivity contribution in [3.63, 3.8) is 0 Å². The summed E-state index contributed by atoms with van der Waals surface area (Å²) in [5.74, 6) is 0. The second kappa shape index (κ2) is 5.81. The first kappa shape index (κ1) is 14.4. The van der Waals surface area contributed by atoms with E-state index in [1.54, 1.807) is 24.5 Å². The van der Waals surface area contributed by atoms with Crippen LogP contribution in [0.2, 0.25) is 0 Å². The van der Waals surface area contributed by atoms with Gasteiger partial charge in [-0.15, -0.1) is 0 Å². The molecule has 0 atom stereocenters. The number of hydrogen-bond donors (Lipinski definition) is 0. The highest BCUT2D eigenvalue weighted by Crippen LogP contribution is 2.27. The van der Waals surface area contributed by atoms with Crippen LogP contribution < -0.4 is 0 Å². The minimum Gasteiger partial charge on any atom is -0.264 e. The Labute approximate surface area is 136 Å². The summed E-state index contributed by atoms with van der Waals surface area (Å²) in [5.41, 5.74) is 2.79. The Hall–Kier alpha value is -3.15. The van der Waals surface area contributed by atoms with E-state index in [4.69, 9.17) is 0 Å². The van der Waals surface area contributed by atoms with E-state index in [9.17, 15) is 8.78 Å². The molecular weight excluding hydrogens is 310 g/mol. The van der Waals surface area contributed by atoms with Crippen LogP contribution in [0.25, 0.3) is 28.2 Å². The fourth-order valence-electron chi connectivity index (χ4n) is 2.57. The Morgan fingerprint density at radius 2 is 1.67 bits per heavy atom. The molecule has 0 amide bonds. The topological polar surface area (TPSA) is 43.1 Å². The minimum atomic E-state index is -2.65. The van der Waals surface area contributed by atoms with Crippen LogP contribution in [0.1, 0.15) is 12.1 Å². The first-order valence-corrected chi connectivity index (χ1v) is 7.37. The van der Waals surface area contributed by atoms with Crippen LogP contribution in [0.15, 0.2) is 67.0 Å². The maximum absolute atomic E-state index is 13.5. The third-order valence-corrected chi connectivity index (χ3v) is 3.71. The SMILES string of the molecule is FC(F)c1cc(-c2ccccc2)nc2cc(-c3cccnc3)nn12. The normalized spacial score (nSPS) is 11.3. The van der Waals surface area contributed by atoms with Crippen LogP contribution in [0.3, 0.4) is 0 Å². The van der Waals surface area contributed by atoms with Crippen molar-refractivity contribution in [3.8, 4) is 22.5 Å². The van der Waals surface area contributed by atoms with Gasteiger partial charge in [-0.3, -0.25) is 4.98 Å². The number of benzene rings is 1. The summed E-state index contributed by atoms with van der Waals surface area (Å²) in [6, 6.07) is 15.9. The molecule has 0 aliphatic carbocycles. The van der Waals surface area contributed by atoms with Crippen LogP contribution in [0.5, 0.6) is 0 Å². The molecular formula is C18H12F2N4. The van der Waals surface area contributed by atoms with E-state index >= 15 is 0 Å². The predicted octanol–water partition coefficient (Wildman–Crippen LogP) is 4.40. The Morgan fingerprint density at radius 3 is 2.38 bits per heavy atom. The number of aromatic nitrogens is 4. The molecule has 0 unspecified atom stereocenters. The lowest BCUT2D eigenvalue weighted by atomic mass is 10.1. The van der Waals surface area contributed by atoms with Gasteiger partial charge in [0.2, 0.25) is 0 Å². The molecule has 0 spiro atoms. The highest BCUT2D eigenvalue weighted by atomic mass is 19.3. The molecule has 0 saturated heterocycles. The smallest absolute Gasteiger partial charge is 0.264 e. The zero-order valence-electron chi connectivity index (χ0n) is 12.5. The van der Waals surface area contributed by atoms with Crippen LogP contribution in [0.4, 0.5) is 8.78 Å². The molecule has 0 saturated carbocycles. The Balaban J connectivity index is 1.93. The van der Waals surface area contributed by atoms with Crippen LogP contribution in [-0.2, 0) is 0 Å². The average Bonchev–Trinajstić information content (AvgIpc) is 3.06. The summed E-state index contributed by atoms with van der Waals surface area (Å²) in [6.07, 6.45) is 0.636. The van der Waals surface area contributed by atoms with Crippen LogP contribution in [-0.4, -0.2) is 19.6 Å². The van der Waals surface area contributed by atoms with E-state index in [0.29, 0.717) is 17.0 Å². The molecule has 0 fully saturated rings. The maximum Gasteiger partial charge on any atom is 0.280 e. The van der Waals surface area contributed by atoms with Crippen molar-refractivity contribution in [1.29, 1.82) is 0 Å². The van der Waals surface area contributed by atoms with Gasteiger partial charge in [0.05, 0.1) is 11.4 Å². The first-order chi connectivity index (χ1) is 11.7. The summed E-state index contributed by atoms with van der Waals surface area (Å²) in [7, 11) is 0. The minimum absolute atomic E-state index is 0.186. The standard InChI is InChI=1S/C18H12F2N4/c19-18(20)16-9-14(12-5-2-1-3-6-12)22-17-10-15(23-24(16)17)13-7-4-8-21-11-13/h1-11,18H. The number of pyridine rings is 1. The summed E-state index contributed by atoms with van der Waals surface area (Å²) >= 11 is 0. The molecule has 0 bridgehead atoms. The molecule has 118 valence electrons. The van der Waals surface area contributed by atoms with E-state index in [-0.39, 0.29) is 5.69 Å². The van der Waals surface area contributed by atoms with E-state index in [1.807, 2.05) is 36.4 Å². The number of hydrogen-bond acceptors (Lipinski definition) is 3. The van der Waals surface area contributed by atoms with Gasteiger partial charge in [0.25, 0.3) is 6.43 Å². The van der Waals surface area contributed by atoms with Gasteiger partial charge < -0.3 is 0 Å². The molecule has 24 heavy (non-hydrogen) atoms. The number of nitrogens with zero attached hydrogens (tertiary/aromatic N) is 4. The van der Waals surface area contributed by atoms with E-state index in [2.05, 4.69) is 15.1 Å². The van der Waals surface area contributed by atoms with Gasteiger partial charge >= 0.3 is 0 Å². The average molecular weight is 322 g/mol. The molecule has 6 heteroatoms. The Bertz CT molecular complexity index is 982. The molecule has 0 aliphatic heterocycles. The van der Waals surface area contributed by atoms with Gasteiger partial charge in [0.1, 0.15) is 5.69 Å². The second-order valence-electron chi connectivity index (χ2n) is 5.27. The van der Waals surface area contributed by atoms with E-state index < -0.39 is 6.43 Å². The van der Waals surface area contributed by atoms with Gasteiger partial charge in [-0.25, -0.2) is 18.3 Å². The first-order valence-electron chi connectivity index (χ1n) is 7.37. The van der Waals surface area contributed by atoms with E-state index in [0.717, 1.165) is 11.1 Å². The van der Waals surface area contributed by atoms with Gasteiger partial charge in [-0.2, -0.15) is 5.10 Å². The molecule has 1 aromatic carbocycles. The van der Waals surface area contributed by atoms with Gasteiger partial charge in [-0.05, 0) is 18.2 Å². The lowest BCUT2D eigenvalue weighted by Crippen LogP contribution is -2.02. The molecule has 0 aliphatic rings. The largest absolute Gasteiger partial charge is 0.280 e. The fraction of sp³-hybridized carbons (Fsp3) is 0.0556. The lowest BCUT2D eigenvalue weighted by Gasteiger charge is -2.07. The molecule has 4 rings (SSSR count). The number of halogens is 2. The quantitative estimate of drug-likeness (QED) is 0.561. The van der Waals surface area contributed by atoms with Gasteiger partial charge in [0.15, 0.2) is 5.65 Å². The Kier molecular flexibility index (Phi) is 3.49. The van der Waals surface area contributed by atoms with Crippen molar-refractivity contribution in [2.24, 2.45) is 0 Å². The van der Waals surface area contributed by atoms with Gasteiger partial charge in [-0.1, -0.05) is 30.3 Å². The van der Waals surface area contributed by atoms with Crippen LogP contribution >= 0.6 is 0 Å². The summed E-state index contributed by atoms with van der Waals surface area (Å²) in [6.45, 7) is 0. The Morgan fingerprint density at radius 1 is 0.875 bits per heavy atom. The molecule has 0 radical (unpaired) electrons. The lowest BCUT2D eigenvalue weighted by molar-refractivity contribution is 0.143. The predicted molar refractivity (Wildman–Crippen MR) is 86.6 cm³/mol. The van der Waals surface area contributed by atoms with Crippen molar-refractivity contribution < 1.29 is 8.78 Å². The summed E-state index contributed by atoms with van der Waals surface area (Å²) in [4.78, 5) is 8.52. The van der Waals surface area contributed by atoms with E-state index in [1.165, 1.54) is 10.6 Å². The van der Waals surface area contributed by atoms with Crippen LogP contribution in [0, 0.1) is 0 Å². The third kappa shape index (κ3) is 2.52. The maximum atomic E-state index is 13.5. The van der Waals surface area contributed by atoms with Crippen molar-refractivity contribution in [1.82, 2.24) is 19.6 Å². The molecule has 4 aromatic rings. The summed E-state index contributed by atoms with van der Waals surface area (Å²) in [5, 5.41) is 4.27. The molecule has 3 heterocycles. The third-order valence-electron chi connectivity index (χ3n) is 3.71. The monoisotopic (exact) mass is 322 g/mol. The highest BCUT2D eigenvalue weighted by Gasteiger charge is 2.18. The summed E-state index contributed by atoms with van der Waals surface area (Å²) < 4.78 is 28.2. The van der Waals surface area contributed by atoms with Crippen molar-refractivity contribution in [2.45, 2.75) is 6.43 Å². The highest BCUT2D eigenvalue weighted by molar-refractivity contribution is 5.67. The van der Waals surface area contributed by atoms with Crippen molar-refractivity contribution in [3.05, 3.63) is 72.7 Å². The van der Waals surface area contributed by atoms with Gasteiger partial charge in [0, 0.05) is 29.6 Å². The fourth-order valence-corrected chi connectivity index (χ4v) is 2.57.